The molecular weight excluding hydrogens is 925 g/mol. The Labute approximate surface area is 462 Å². The van der Waals surface area contributed by atoms with E-state index in [9.17, 15) is 14.4 Å². The fraction of sp³-hybridized carbons (Fsp3) is 0.638. The van der Waals surface area contributed by atoms with E-state index in [1.165, 1.54) is 64.2 Å². The Morgan fingerprint density at radius 1 is 0.280 bits per heavy atom. The van der Waals surface area contributed by atoms with Gasteiger partial charge in [-0.3, -0.25) is 14.4 Å². The minimum absolute atomic E-state index is 0.0958. The van der Waals surface area contributed by atoms with Gasteiger partial charge >= 0.3 is 17.9 Å². The summed E-state index contributed by atoms with van der Waals surface area (Å²) in [5.74, 6) is -0.936. The molecule has 0 saturated carbocycles. The molecule has 0 amide bonds. The molecule has 0 aliphatic carbocycles. The van der Waals surface area contributed by atoms with Gasteiger partial charge in [0.25, 0.3) is 0 Å². The Hall–Kier alpha value is -4.45. The maximum absolute atomic E-state index is 12.8. The summed E-state index contributed by atoms with van der Waals surface area (Å²) in [6, 6.07) is 0. The van der Waals surface area contributed by atoms with Crippen LogP contribution < -0.4 is 0 Å². The number of carbonyl (C=O) groups excluding carboxylic acids is 3. The van der Waals surface area contributed by atoms with Crippen molar-refractivity contribution in [1.82, 2.24) is 0 Å². The van der Waals surface area contributed by atoms with Gasteiger partial charge in [-0.2, -0.15) is 0 Å². The minimum atomic E-state index is -0.799. The van der Waals surface area contributed by atoms with Crippen molar-refractivity contribution >= 4 is 17.9 Å². The fourth-order valence-corrected chi connectivity index (χ4v) is 8.00. The molecule has 6 heteroatoms. The second-order valence-corrected chi connectivity index (χ2v) is 19.9. The highest BCUT2D eigenvalue weighted by Gasteiger charge is 2.19. The maximum Gasteiger partial charge on any atom is 0.306 e. The summed E-state index contributed by atoms with van der Waals surface area (Å²) >= 11 is 0. The van der Waals surface area contributed by atoms with Crippen LogP contribution in [-0.2, 0) is 28.6 Å². The fourth-order valence-electron chi connectivity index (χ4n) is 8.00. The third kappa shape index (κ3) is 60.3. The summed E-state index contributed by atoms with van der Waals surface area (Å²) in [6.45, 7) is 6.42. The lowest BCUT2D eigenvalue weighted by Gasteiger charge is -2.18. The quantitative estimate of drug-likeness (QED) is 0.0261. The minimum Gasteiger partial charge on any atom is -0.462 e. The molecule has 0 rings (SSSR count). The summed E-state index contributed by atoms with van der Waals surface area (Å²) in [5, 5.41) is 0. The number of ether oxygens (including phenoxy) is 3. The van der Waals surface area contributed by atoms with E-state index < -0.39 is 6.10 Å². The summed E-state index contributed by atoms with van der Waals surface area (Å²) in [5.41, 5.74) is 0. The van der Waals surface area contributed by atoms with Gasteiger partial charge < -0.3 is 14.2 Å². The highest BCUT2D eigenvalue weighted by Crippen LogP contribution is 2.14. The van der Waals surface area contributed by atoms with Gasteiger partial charge in [-0.05, 0) is 135 Å². The number of allylic oxidation sites excluding steroid dienone is 22. The van der Waals surface area contributed by atoms with Gasteiger partial charge in [0, 0.05) is 19.3 Å². The summed E-state index contributed by atoms with van der Waals surface area (Å²) in [6.07, 6.45) is 87.4. The predicted octanol–water partition coefficient (Wildman–Crippen LogP) is 21.0. The van der Waals surface area contributed by atoms with E-state index in [1.54, 1.807) is 0 Å². The largest absolute Gasteiger partial charge is 0.462 e. The van der Waals surface area contributed by atoms with Gasteiger partial charge in [-0.15, -0.1) is 0 Å². The van der Waals surface area contributed by atoms with E-state index in [0.717, 1.165) is 161 Å². The summed E-state index contributed by atoms with van der Waals surface area (Å²) in [7, 11) is 0. The second-order valence-electron chi connectivity index (χ2n) is 19.9. The predicted molar refractivity (Wildman–Crippen MR) is 325 cm³/mol. The number of unbranched alkanes of at least 4 members (excludes halogenated alkanes) is 21. The van der Waals surface area contributed by atoms with Crippen molar-refractivity contribution in [3.05, 3.63) is 134 Å². The van der Waals surface area contributed by atoms with Gasteiger partial charge in [0.1, 0.15) is 13.2 Å². The normalized spacial score (nSPS) is 13.1. The molecule has 0 aromatic heterocycles. The zero-order valence-corrected chi connectivity index (χ0v) is 48.5. The zero-order valence-electron chi connectivity index (χ0n) is 48.5. The second kappa shape index (κ2) is 62.1. The van der Waals surface area contributed by atoms with Gasteiger partial charge in [-0.1, -0.05) is 244 Å². The van der Waals surface area contributed by atoms with Gasteiger partial charge in [-0.25, -0.2) is 0 Å². The van der Waals surface area contributed by atoms with Crippen LogP contribution in [0.2, 0.25) is 0 Å². The van der Waals surface area contributed by atoms with Crippen LogP contribution in [0.4, 0.5) is 0 Å². The number of hydrogen-bond acceptors (Lipinski definition) is 6. The van der Waals surface area contributed by atoms with E-state index in [1.807, 2.05) is 0 Å². The first-order valence-electron chi connectivity index (χ1n) is 30.7. The Morgan fingerprint density at radius 2 is 0.533 bits per heavy atom. The van der Waals surface area contributed by atoms with Crippen molar-refractivity contribution in [1.29, 1.82) is 0 Å². The standard InChI is InChI=1S/C69H112O6/c1-4-7-10-13-16-19-22-25-27-28-29-30-31-32-33-34-35-36-37-38-39-40-41-42-43-45-47-50-53-56-59-62-68(71)74-65-66(64-73-67(70)61-58-55-52-49-46-24-21-18-15-12-9-6-3)75-69(72)63-60-57-54-51-48-44-26-23-20-17-14-11-8-5-2/h7,10,14,16-19,21,23,25-27,29-30,32-33,35-36,38-39,41-42,66H,4-6,8-9,11-13,15,20,22,24,28,31,34,37,40,43-65H2,1-3H3/b10-7-,17-14-,19-16-,21-18-,26-23-,27-25-,30-29-,33-32-,36-35-,39-38-,42-41-. The monoisotopic (exact) mass is 1040 g/mol. The topological polar surface area (TPSA) is 78.9 Å². The lowest BCUT2D eigenvalue weighted by Crippen LogP contribution is -2.30. The molecule has 1 atom stereocenters. The van der Waals surface area contributed by atoms with Crippen LogP contribution in [0.15, 0.2) is 134 Å². The van der Waals surface area contributed by atoms with E-state index in [4.69, 9.17) is 14.2 Å². The van der Waals surface area contributed by atoms with Gasteiger partial charge in [0.2, 0.25) is 0 Å². The Morgan fingerprint density at radius 3 is 0.867 bits per heavy atom. The molecule has 0 aromatic rings. The van der Waals surface area contributed by atoms with Crippen LogP contribution >= 0.6 is 0 Å². The van der Waals surface area contributed by atoms with Crippen molar-refractivity contribution in [2.24, 2.45) is 0 Å². The van der Waals surface area contributed by atoms with Gasteiger partial charge in [0.05, 0.1) is 0 Å². The lowest BCUT2D eigenvalue weighted by molar-refractivity contribution is -0.167. The third-order valence-corrected chi connectivity index (χ3v) is 12.6. The molecule has 0 aliphatic heterocycles. The smallest absolute Gasteiger partial charge is 0.306 e. The zero-order chi connectivity index (χ0) is 54.3. The van der Waals surface area contributed by atoms with Crippen LogP contribution in [-0.4, -0.2) is 37.2 Å². The van der Waals surface area contributed by atoms with Crippen LogP contribution in [0.1, 0.15) is 265 Å². The average molecular weight is 1040 g/mol. The number of hydrogen-bond donors (Lipinski definition) is 0. The maximum atomic E-state index is 12.8. The van der Waals surface area contributed by atoms with E-state index in [0.29, 0.717) is 19.3 Å². The molecule has 0 aromatic carbocycles. The van der Waals surface area contributed by atoms with Gasteiger partial charge in [0.15, 0.2) is 6.10 Å². The molecular formula is C69H112O6. The molecule has 0 fully saturated rings. The molecule has 1 unspecified atom stereocenters. The van der Waals surface area contributed by atoms with Crippen molar-refractivity contribution in [3.63, 3.8) is 0 Å². The Kier molecular flexibility index (Phi) is 58.4. The highest BCUT2D eigenvalue weighted by molar-refractivity contribution is 5.71. The summed E-state index contributed by atoms with van der Waals surface area (Å²) < 4.78 is 16.8. The van der Waals surface area contributed by atoms with Crippen LogP contribution in [0, 0.1) is 0 Å². The first-order valence-corrected chi connectivity index (χ1v) is 30.7. The number of carbonyl (C=O) groups is 3. The van der Waals surface area contributed by atoms with Crippen LogP contribution in [0.3, 0.4) is 0 Å². The molecule has 0 radical (unpaired) electrons. The molecule has 0 saturated heterocycles. The molecule has 0 spiro atoms. The molecule has 0 heterocycles. The first kappa shape index (κ1) is 70.5. The van der Waals surface area contributed by atoms with Crippen molar-refractivity contribution in [2.75, 3.05) is 13.2 Å². The number of rotatable bonds is 54. The Bertz CT molecular complexity index is 1620. The van der Waals surface area contributed by atoms with Crippen LogP contribution in [0.25, 0.3) is 0 Å². The highest BCUT2D eigenvalue weighted by atomic mass is 16.6. The molecule has 75 heavy (non-hydrogen) atoms. The van der Waals surface area contributed by atoms with Crippen LogP contribution in [0.5, 0.6) is 0 Å². The van der Waals surface area contributed by atoms with Crippen molar-refractivity contribution < 1.29 is 28.6 Å². The molecule has 0 N–H and O–H groups in total. The van der Waals surface area contributed by atoms with E-state index >= 15 is 0 Å². The third-order valence-electron chi connectivity index (χ3n) is 12.6. The molecule has 424 valence electrons. The number of esters is 3. The first-order chi connectivity index (χ1) is 37.0. The Balaban J connectivity index is 4.31. The van der Waals surface area contributed by atoms with E-state index in [-0.39, 0.29) is 31.1 Å². The summed E-state index contributed by atoms with van der Waals surface area (Å²) in [4.78, 5) is 38.2. The van der Waals surface area contributed by atoms with Crippen molar-refractivity contribution in [3.8, 4) is 0 Å². The van der Waals surface area contributed by atoms with E-state index in [2.05, 4.69) is 154 Å². The SMILES string of the molecule is CC/C=C\C/C=C\C/C=C\C/C=C\C/C=C\C/C=C\C/C=C\C/C=C\CCCCCCCCC(=O)OCC(COC(=O)CCCCCCC/C=C\CCCCC)OC(=O)CCCCCCC/C=C\C/C=C\CCCC. The molecule has 0 bridgehead atoms. The van der Waals surface area contributed by atoms with Crippen molar-refractivity contribution in [2.45, 2.75) is 271 Å². The molecule has 0 aliphatic rings. The molecule has 6 nitrogen and oxygen atoms in total. The average Bonchev–Trinajstić information content (AvgIpc) is 3.41. The lowest BCUT2D eigenvalue weighted by atomic mass is 10.1.